The topological polar surface area (TPSA) is 89.2 Å². The molecular weight excluding hydrogens is 232 g/mol. The Hall–Kier alpha value is -1.98. The maximum absolute atomic E-state index is 12.1. The normalized spacial score (nSPS) is 18.7. The van der Waals surface area contributed by atoms with Crippen LogP contribution in [0.1, 0.15) is 30.3 Å². The minimum atomic E-state index is -0.179. The third-order valence-electron chi connectivity index (χ3n) is 2.93. The molecule has 2 amide bonds. The Morgan fingerprint density at radius 2 is 2.44 bits per heavy atom. The number of hydrogen-bond donors (Lipinski definition) is 3. The Morgan fingerprint density at radius 1 is 1.67 bits per heavy atom. The highest BCUT2D eigenvalue weighted by Gasteiger charge is 2.24. The van der Waals surface area contributed by atoms with Crippen molar-refractivity contribution in [1.29, 1.82) is 0 Å². The van der Waals surface area contributed by atoms with E-state index in [0.717, 1.165) is 13.0 Å². The van der Waals surface area contributed by atoms with Crippen molar-refractivity contribution in [2.45, 2.75) is 32.4 Å². The fourth-order valence-corrected chi connectivity index (χ4v) is 2.12. The quantitative estimate of drug-likeness (QED) is 0.708. The first kappa shape index (κ1) is 12.5. The van der Waals surface area contributed by atoms with E-state index in [-0.39, 0.29) is 17.9 Å². The van der Waals surface area contributed by atoms with Crippen LogP contribution in [-0.4, -0.2) is 29.0 Å². The van der Waals surface area contributed by atoms with Gasteiger partial charge in [0.25, 0.3) is 5.91 Å². The highest BCUT2D eigenvalue weighted by atomic mass is 16.2. The third kappa shape index (κ3) is 2.64. The first-order valence-corrected chi connectivity index (χ1v) is 6.13. The number of carbonyl (C=O) groups excluding carboxylic acids is 2. The molecule has 1 aliphatic heterocycles. The lowest BCUT2D eigenvalue weighted by Gasteiger charge is -2.12. The van der Waals surface area contributed by atoms with Crippen LogP contribution in [0.4, 0.5) is 5.69 Å². The second-order valence-corrected chi connectivity index (χ2v) is 4.53. The lowest BCUT2D eigenvalue weighted by Crippen LogP contribution is -2.37. The Bertz CT molecular complexity index is 467. The fourth-order valence-electron chi connectivity index (χ4n) is 2.12. The number of aryl methyl sites for hydroxylation is 1. The smallest absolute Gasteiger partial charge is 0.268 e. The third-order valence-corrected chi connectivity index (χ3v) is 2.93. The van der Waals surface area contributed by atoms with Crippen molar-refractivity contribution < 1.29 is 9.59 Å². The van der Waals surface area contributed by atoms with E-state index in [1.165, 1.54) is 0 Å². The minimum Gasteiger partial charge on any atom is -0.397 e. The second-order valence-electron chi connectivity index (χ2n) is 4.53. The van der Waals surface area contributed by atoms with Crippen LogP contribution in [0.15, 0.2) is 12.3 Å². The maximum Gasteiger partial charge on any atom is 0.268 e. The molecule has 1 aliphatic rings. The summed E-state index contributed by atoms with van der Waals surface area (Å²) in [6, 6.07) is 1.53. The van der Waals surface area contributed by atoms with E-state index < -0.39 is 0 Å². The van der Waals surface area contributed by atoms with E-state index in [1.807, 2.05) is 11.5 Å². The lowest BCUT2D eigenvalue weighted by molar-refractivity contribution is -0.119. The Kier molecular flexibility index (Phi) is 3.55. The Labute approximate surface area is 106 Å². The molecule has 1 aromatic rings. The van der Waals surface area contributed by atoms with E-state index in [4.69, 9.17) is 5.73 Å². The summed E-state index contributed by atoms with van der Waals surface area (Å²) in [5.41, 5.74) is 6.84. The van der Waals surface area contributed by atoms with Crippen molar-refractivity contribution in [1.82, 2.24) is 15.2 Å². The largest absolute Gasteiger partial charge is 0.397 e. The van der Waals surface area contributed by atoms with Crippen LogP contribution in [0, 0.1) is 0 Å². The average molecular weight is 250 g/mol. The van der Waals surface area contributed by atoms with E-state index in [1.54, 1.807) is 12.3 Å². The van der Waals surface area contributed by atoms with Crippen molar-refractivity contribution in [3.8, 4) is 0 Å². The van der Waals surface area contributed by atoms with Gasteiger partial charge in [0, 0.05) is 25.7 Å². The molecule has 0 aliphatic carbocycles. The molecule has 0 bridgehead atoms. The molecule has 1 unspecified atom stereocenters. The predicted octanol–water partition coefficient (Wildman–Crippen LogP) is 0.0986. The summed E-state index contributed by atoms with van der Waals surface area (Å²) < 4.78 is 1.84. The number of nitrogen functional groups attached to an aromatic ring is 1. The summed E-state index contributed by atoms with van der Waals surface area (Å²) in [6.07, 6.45) is 3.03. The number of nitrogens with one attached hydrogen (secondary N) is 2. The van der Waals surface area contributed by atoms with Crippen molar-refractivity contribution >= 4 is 17.5 Å². The van der Waals surface area contributed by atoms with Gasteiger partial charge in [-0.25, -0.2) is 0 Å². The van der Waals surface area contributed by atoms with Gasteiger partial charge in [-0.2, -0.15) is 0 Å². The molecule has 0 aromatic carbocycles. The molecule has 18 heavy (non-hydrogen) atoms. The molecule has 6 nitrogen and oxygen atoms in total. The van der Waals surface area contributed by atoms with Crippen LogP contribution in [0.5, 0.6) is 0 Å². The molecule has 1 fully saturated rings. The summed E-state index contributed by atoms with van der Waals surface area (Å²) in [6.45, 7) is 3.29. The molecular formula is C12H18N4O2. The molecule has 2 rings (SSSR count). The molecule has 0 spiro atoms. The first-order chi connectivity index (χ1) is 8.60. The highest BCUT2D eigenvalue weighted by Crippen LogP contribution is 2.12. The van der Waals surface area contributed by atoms with Crippen molar-refractivity contribution in [3.63, 3.8) is 0 Å². The second kappa shape index (κ2) is 5.12. The zero-order valence-electron chi connectivity index (χ0n) is 10.4. The number of amides is 2. The summed E-state index contributed by atoms with van der Waals surface area (Å²) in [5.74, 6) is -0.203. The van der Waals surface area contributed by atoms with Gasteiger partial charge in [0.1, 0.15) is 5.69 Å². The number of rotatable bonds is 4. The predicted molar refractivity (Wildman–Crippen MR) is 68.0 cm³/mol. The zero-order valence-corrected chi connectivity index (χ0v) is 10.4. The standard InChI is InChI=1S/C12H18N4O2/c1-2-3-16-7-8(13)4-10(16)12(18)15-9-5-11(17)14-6-9/h4,7,9H,2-3,5-6,13H2,1H3,(H,14,17)(H,15,18). The van der Waals surface area contributed by atoms with Gasteiger partial charge in [-0.05, 0) is 12.5 Å². The van der Waals surface area contributed by atoms with Gasteiger partial charge in [0.05, 0.1) is 11.7 Å². The monoisotopic (exact) mass is 250 g/mol. The highest BCUT2D eigenvalue weighted by molar-refractivity contribution is 5.94. The fraction of sp³-hybridized carbons (Fsp3) is 0.500. The maximum atomic E-state index is 12.1. The van der Waals surface area contributed by atoms with Crippen LogP contribution in [0.2, 0.25) is 0 Å². The molecule has 4 N–H and O–H groups in total. The molecule has 0 saturated carbocycles. The van der Waals surface area contributed by atoms with Gasteiger partial charge in [-0.3, -0.25) is 9.59 Å². The van der Waals surface area contributed by atoms with Crippen molar-refractivity contribution in [2.24, 2.45) is 0 Å². The number of hydrogen-bond acceptors (Lipinski definition) is 3. The number of carbonyl (C=O) groups is 2. The molecule has 0 radical (unpaired) electrons. The molecule has 98 valence electrons. The number of nitrogens with zero attached hydrogens (tertiary/aromatic N) is 1. The number of aromatic nitrogens is 1. The van der Waals surface area contributed by atoms with Crippen LogP contribution in [-0.2, 0) is 11.3 Å². The van der Waals surface area contributed by atoms with Crippen LogP contribution in [0.3, 0.4) is 0 Å². The summed E-state index contributed by atoms with van der Waals surface area (Å²) in [5, 5.41) is 5.53. The minimum absolute atomic E-state index is 0.0243. The Morgan fingerprint density at radius 3 is 3.06 bits per heavy atom. The van der Waals surface area contributed by atoms with E-state index in [2.05, 4.69) is 10.6 Å². The van der Waals surface area contributed by atoms with Gasteiger partial charge in [-0.15, -0.1) is 0 Å². The number of anilines is 1. The van der Waals surface area contributed by atoms with Gasteiger partial charge in [-0.1, -0.05) is 6.92 Å². The van der Waals surface area contributed by atoms with Gasteiger partial charge in [0.15, 0.2) is 0 Å². The summed E-state index contributed by atoms with van der Waals surface area (Å²) >= 11 is 0. The zero-order chi connectivity index (χ0) is 13.1. The Balaban J connectivity index is 2.06. The van der Waals surface area contributed by atoms with Crippen molar-refractivity contribution in [3.05, 3.63) is 18.0 Å². The molecule has 1 atom stereocenters. The lowest BCUT2D eigenvalue weighted by atomic mass is 10.2. The van der Waals surface area contributed by atoms with Crippen LogP contribution < -0.4 is 16.4 Å². The first-order valence-electron chi connectivity index (χ1n) is 6.13. The van der Waals surface area contributed by atoms with E-state index >= 15 is 0 Å². The molecule has 1 aromatic heterocycles. The van der Waals surface area contributed by atoms with Gasteiger partial charge < -0.3 is 20.9 Å². The van der Waals surface area contributed by atoms with E-state index in [9.17, 15) is 9.59 Å². The van der Waals surface area contributed by atoms with Crippen LogP contribution >= 0.6 is 0 Å². The average Bonchev–Trinajstić information content (AvgIpc) is 2.86. The molecule has 6 heteroatoms. The number of nitrogens with two attached hydrogens (primary N) is 1. The van der Waals surface area contributed by atoms with Crippen molar-refractivity contribution in [2.75, 3.05) is 12.3 Å². The van der Waals surface area contributed by atoms with E-state index in [0.29, 0.717) is 24.3 Å². The molecule has 2 heterocycles. The SMILES string of the molecule is CCCn1cc(N)cc1C(=O)NC1CNC(=O)C1. The summed E-state index contributed by atoms with van der Waals surface area (Å²) in [4.78, 5) is 23.1. The summed E-state index contributed by atoms with van der Waals surface area (Å²) in [7, 11) is 0. The molecule has 1 saturated heterocycles. The van der Waals surface area contributed by atoms with Crippen LogP contribution in [0.25, 0.3) is 0 Å². The van der Waals surface area contributed by atoms with Gasteiger partial charge >= 0.3 is 0 Å². The van der Waals surface area contributed by atoms with Gasteiger partial charge in [0.2, 0.25) is 5.91 Å².